The van der Waals surface area contributed by atoms with E-state index < -0.39 is 0 Å². The van der Waals surface area contributed by atoms with Crippen molar-refractivity contribution in [2.24, 2.45) is 5.92 Å². The highest BCUT2D eigenvalue weighted by molar-refractivity contribution is 5.89. The highest BCUT2D eigenvalue weighted by Crippen LogP contribution is 2.26. The third-order valence-electron chi connectivity index (χ3n) is 6.40. The Kier molecular flexibility index (Phi) is 6.53. The van der Waals surface area contributed by atoms with Gasteiger partial charge in [-0.15, -0.1) is 0 Å². The SMILES string of the molecule is CN1CCC(N(Cc2ccco2)C(=O)C2CC(=O)N(CCc3ccccc3)C2)CC1. The van der Waals surface area contributed by atoms with Gasteiger partial charge in [0.2, 0.25) is 11.8 Å². The number of carbonyl (C=O) groups excluding carboxylic acids is 2. The second-order valence-electron chi connectivity index (χ2n) is 8.56. The highest BCUT2D eigenvalue weighted by atomic mass is 16.3. The minimum atomic E-state index is -0.261. The summed E-state index contributed by atoms with van der Waals surface area (Å²) in [6.45, 7) is 3.64. The molecule has 3 heterocycles. The third-order valence-corrected chi connectivity index (χ3v) is 6.40. The largest absolute Gasteiger partial charge is 0.467 e. The summed E-state index contributed by atoms with van der Waals surface area (Å²) in [6.07, 6.45) is 4.70. The molecule has 0 aliphatic carbocycles. The van der Waals surface area contributed by atoms with Gasteiger partial charge < -0.3 is 19.1 Å². The molecule has 0 N–H and O–H groups in total. The van der Waals surface area contributed by atoms with Crippen LogP contribution in [0.2, 0.25) is 0 Å². The summed E-state index contributed by atoms with van der Waals surface area (Å²) in [5, 5.41) is 0. The van der Waals surface area contributed by atoms with E-state index in [4.69, 9.17) is 4.42 Å². The van der Waals surface area contributed by atoms with Crippen LogP contribution in [0.25, 0.3) is 0 Å². The molecule has 2 aromatic rings. The molecule has 2 aliphatic heterocycles. The lowest BCUT2D eigenvalue weighted by molar-refractivity contribution is -0.140. The first-order valence-corrected chi connectivity index (χ1v) is 10.9. The molecular formula is C24H31N3O3. The molecule has 1 aromatic heterocycles. The van der Waals surface area contributed by atoms with Crippen molar-refractivity contribution >= 4 is 11.8 Å². The molecule has 0 saturated carbocycles. The van der Waals surface area contributed by atoms with Gasteiger partial charge >= 0.3 is 0 Å². The van der Waals surface area contributed by atoms with Crippen LogP contribution in [-0.4, -0.2) is 65.8 Å². The molecule has 1 aromatic carbocycles. The van der Waals surface area contributed by atoms with Crippen LogP contribution in [0.1, 0.15) is 30.6 Å². The normalized spacial score (nSPS) is 20.6. The van der Waals surface area contributed by atoms with Crippen LogP contribution < -0.4 is 0 Å². The Labute approximate surface area is 178 Å². The van der Waals surface area contributed by atoms with E-state index in [1.54, 1.807) is 6.26 Å². The van der Waals surface area contributed by atoms with E-state index in [0.29, 0.717) is 26.1 Å². The van der Waals surface area contributed by atoms with E-state index in [0.717, 1.165) is 38.1 Å². The van der Waals surface area contributed by atoms with Gasteiger partial charge in [-0.05, 0) is 57.1 Å². The lowest BCUT2D eigenvalue weighted by Crippen LogP contribution is -2.48. The zero-order valence-electron chi connectivity index (χ0n) is 17.7. The Morgan fingerprint density at radius 3 is 2.60 bits per heavy atom. The van der Waals surface area contributed by atoms with E-state index in [-0.39, 0.29) is 23.8 Å². The average molecular weight is 410 g/mol. The van der Waals surface area contributed by atoms with Crippen LogP contribution >= 0.6 is 0 Å². The summed E-state index contributed by atoms with van der Waals surface area (Å²) in [5.41, 5.74) is 1.21. The minimum Gasteiger partial charge on any atom is -0.467 e. The number of hydrogen-bond acceptors (Lipinski definition) is 4. The lowest BCUT2D eigenvalue weighted by Gasteiger charge is -2.38. The zero-order valence-corrected chi connectivity index (χ0v) is 17.7. The van der Waals surface area contributed by atoms with Crippen molar-refractivity contribution in [2.45, 2.75) is 38.3 Å². The fraction of sp³-hybridized carbons (Fsp3) is 0.500. The van der Waals surface area contributed by atoms with E-state index in [9.17, 15) is 9.59 Å². The Morgan fingerprint density at radius 1 is 1.13 bits per heavy atom. The van der Waals surface area contributed by atoms with Crippen LogP contribution in [-0.2, 0) is 22.6 Å². The maximum atomic E-state index is 13.5. The van der Waals surface area contributed by atoms with Crippen molar-refractivity contribution in [3.8, 4) is 0 Å². The van der Waals surface area contributed by atoms with Crippen molar-refractivity contribution in [3.63, 3.8) is 0 Å². The van der Waals surface area contributed by atoms with Gasteiger partial charge in [-0.1, -0.05) is 30.3 Å². The number of nitrogens with zero attached hydrogens (tertiary/aromatic N) is 3. The number of amides is 2. The molecule has 0 radical (unpaired) electrons. The second-order valence-corrected chi connectivity index (χ2v) is 8.56. The summed E-state index contributed by atoms with van der Waals surface area (Å²) < 4.78 is 5.54. The van der Waals surface area contributed by atoms with Crippen molar-refractivity contribution in [2.75, 3.05) is 33.2 Å². The predicted molar refractivity (Wildman–Crippen MR) is 115 cm³/mol. The number of carbonyl (C=O) groups is 2. The molecule has 0 spiro atoms. The monoisotopic (exact) mass is 409 g/mol. The summed E-state index contributed by atoms with van der Waals surface area (Å²) >= 11 is 0. The van der Waals surface area contributed by atoms with Crippen molar-refractivity contribution in [1.29, 1.82) is 0 Å². The van der Waals surface area contributed by atoms with Gasteiger partial charge in [0.15, 0.2) is 0 Å². The summed E-state index contributed by atoms with van der Waals surface area (Å²) in [6, 6.07) is 14.2. The van der Waals surface area contributed by atoms with E-state index in [2.05, 4.69) is 24.1 Å². The Hall–Kier alpha value is -2.60. The minimum absolute atomic E-state index is 0.0885. The van der Waals surface area contributed by atoms with Crippen LogP contribution in [0, 0.1) is 5.92 Å². The molecule has 30 heavy (non-hydrogen) atoms. The van der Waals surface area contributed by atoms with Crippen molar-refractivity contribution in [1.82, 2.24) is 14.7 Å². The average Bonchev–Trinajstić information content (AvgIpc) is 3.41. The van der Waals surface area contributed by atoms with Gasteiger partial charge in [-0.2, -0.15) is 0 Å². The standard InChI is InChI=1S/C24H31N3O3/c1-25-12-10-21(11-13-25)27(18-22-8-5-15-30-22)24(29)20-16-23(28)26(17-20)14-9-19-6-3-2-4-7-19/h2-8,15,20-21H,9-14,16-18H2,1H3. The number of likely N-dealkylation sites (tertiary alicyclic amines) is 2. The van der Waals surface area contributed by atoms with Gasteiger partial charge in [-0.3, -0.25) is 9.59 Å². The maximum Gasteiger partial charge on any atom is 0.228 e. The summed E-state index contributed by atoms with van der Waals surface area (Å²) in [4.78, 5) is 32.2. The molecular weight excluding hydrogens is 378 g/mol. The van der Waals surface area contributed by atoms with Gasteiger partial charge in [0.05, 0.1) is 18.7 Å². The fourth-order valence-electron chi connectivity index (χ4n) is 4.56. The number of hydrogen-bond donors (Lipinski definition) is 0. The van der Waals surface area contributed by atoms with E-state index >= 15 is 0 Å². The smallest absolute Gasteiger partial charge is 0.228 e. The number of furan rings is 1. The zero-order chi connectivity index (χ0) is 20.9. The summed E-state index contributed by atoms with van der Waals surface area (Å²) in [5.74, 6) is 0.720. The Balaban J connectivity index is 1.41. The van der Waals surface area contributed by atoms with Crippen LogP contribution in [0.15, 0.2) is 53.1 Å². The first kappa shape index (κ1) is 20.7. The van der Waals surface area contributed by atoms with Gasteiger partial charge in [0.1, 0.15) is 5.76 Å². The number of benzene rings is 1. The Bertz CT molecular complexity index is 829. The molecule has 0 bridgehead atoms. The molecule has 2 saturated heterocycles. The second kappa shape index (κ2) is 9.47. The van der Waals surface area contributed by atoms with E-state index in [1.807, 2.05) is 40.1 Å². The molecule has 2 amide bonds. The van der Waals surface area contributed by atoms with Gasteiger partial charge in [0, 0.05) is 25.6 Å². The molecule has 6 nitrogen and oxygen atoms in total. The first-order valence-electron chi connectivity index (χ1n) is 10.9. The molecule has 6 heteroatoms. The molecule has 2 fully saturated rings. The quantitative estimate of drug-likeness (QED) is 0.706. The van der Waals surface area contributed by atoms with Crippen molar-refractivity contribution < 1.29 is 14.0 Å². The summed E-state index contributed by atoms with van der Waals surface area (Å²) in [7, 11) is 2.12. The van der Waals surface area contributed by atoms with Crippen LogP contribution in [0.5, 0.6) is 0 Å². The highest BCUT2D eigenvalue weighted by Gasteiger charge is 2.39. The lowest BCUT2D eigenvalue weighted by atomic mass is 9.99. The molecule has 160 valence electrons. The molecule has 1 atom stereocenters. The molecule has 4 rings (SSSR count). The van der Waals surface area contributed by atoms with Crippen molar-refractivity contribution in [3.05, 3.63) is 60.1 Å². The Morgan fingerprint density at radius 2 is 1.90 bits per heavy atom. The predicted octanol–water partition coefficient (Wildman–Crippen LogP) is 2.79. The maximum absolute atomic E-state index is 13.5. The fourth-order valence-corrected chi connectivity index (χ4v) is 4.56. The van der Waals surface area contributed by atoms with Gasteiger partial charge in [0.25, 0.3) is 0 Å². The molecule has 2 aliphatic rings. The number of rotatable bonds is 7. The van der Waals surface area contributed by atoms with E-state index in [1.165, 1.54) is 5.56 Å². The van der Waals surface area contributed by atoms with Gasteiger partial charge in [-0.25, -0.2) is 0 Å². The van der Waals surface area contributed by atoms with Crippen LogP contribution in [0.4, 0.5) is 0 Å². The van der Waals surface area contributed by atoms with Crippen LogP contribution in [0.3, 0.4) is 0 Å². The number of piperidine rings is 1. The topological polar surface area (TPSA) is 57.0 Å². The third kappa shape index (κ3) is 4.93. The molecule has 1 unspecified atom stereocenters. The first-order chi connectivity index (χ1) is 14.6.